The number of carbonyl (C=O) groups is 3. The van der Waals surface area contributed by atoms with Crippen molar-refractivity contribution in [1.29, 1.82) is 5.41 Å². The molecule has 0 aromatic rings. The zero-order chi connectivity index (χ0) is 17.1. The molecular weight excluding hydrogens is 292 g/mol. The Kier molecular flexibility index (Phi) is 9.46. The lowest BCUT2D eigenvalue weighted by atomic mass is 10.1. The molecule has 0 saturated heterocycles. The average Bonchev–Trinajstić information content (AvgIpc) is 2.48. The molecule has 0 aliphatic carbocycles. The number of nitrogens with one attached hydrogen (secondary N) is 4. The Bertz CT molecular complexity index is 403. The minimum Gasteiger partial charge on any atom is -0.394 e. The van der Waals surface area contributed by atoms with Crippen LogP contribution in [-0.2, 0) is 14.4 Å². The second-order valence-electron chi connectivity index (χ2n) is 4.75. The van der Waals surface area contributed by atoms with Gasteiger partial charge in [-0.25, -0.2) is 0 Å². The highest BCUT2D eigenvalue weighted by molar-refractivity contribution is 5.90. The normalized spacial score (nSPS) is 14.3. The van der Waals surface area contributed by atoms with Crippen molar-refractivity contribution in [2.75, 3.05) is 13.2 Å². The predicted molar refractivity (Wildman–Crippen MR) is 79.8 cm³/mol. The van der Waals surface area contributed by atoms with Gasteiger partial charge in [-0.15, -0.1) is 0 Å². The molecule has 10 heteroatoms. The van der Waals surface area contributed by atoms with E-state index < -0.39 is 36.5 Å². The summed E-state index contributed by atoms with van der Waals surface area (Å²) in [5.41, 5.74) is 10.4. The first-order valence-electron chi connectivity index (χ1n) is 6.82. The molecule has 0 aliphatic rings. The summed E-state index contributed by atoms with van der Waals surface area (Å²) in [6.45, 7) is 1.32. The number of hydrogen-bond donors (Lipinski definition) is 7. The smallest absolute Gasteiger partial charge is 0.242 e. The number of guanidine groups is 1. The van der Waals surface area contributed by atoms with Crippen molar-refractivity contribution in [2.24, 2.45) is 11.5 Å². The van der Waals surface area contributed by atoms with Crippen LogP contribution in [-0.4, -0.2) is 60.4 Å². The van der Waals surface area contributed by atoms with Crippen LogP contribution in [0.25, 0.3) is 0 Å². The maximum Gasteiger partial charge on any atom is 0.242 e. The maximum atomic E-state index is 11.8. The van der Waals surface area contributed by atoms with E-state index >= 15 is 0 Å². The number of aliphatic hydroxyl groups excluding tert-OH is 1. The van der Waals surface area contributed by atoms with Crippen molar-refractivity contribution >= 4 is 24.1 Å². The summed E-state index contributed by atoms with van der Waals surface area (Å²) >= 11 is 0. The Morgan fingerprint density at radius 2 is 1.95 bits per heavy atom. The molecule has 0 aromatic heterocycles. The van der Waals surface area contributed by atoms with E-state index in [9.17, 15) is 14.4 Å². The number of aliphatic hydroxyl groups is 1. The van der Waals surface area contributed by atoms with E-state index in [2.05, 4.69) is 16.0 Å². The molecule has 0 aromatic carbocycles. The highest BCUT2D eigenvalue weighted by Crippen LogP contribution is 1.95. The van der Waals surface area contributed by atoms with Gasteiger partial charge in [-0.05, 0) is 19.8 Å². The molecule has 2 amide bonds. The molecule has 10 nitrogen and oxygen atoms in total. The fourth-order valence-corrected chi connectivity index (χ4v) is 1.50. The van der Waals surface area contributed by atoms with E-state index in [-0.39, 0.29) is 5.96 Å². The van der Waals surface area contributed by atoms with Gasteiger partial charge in [0.05, 0.1) is 12.6 Å². The molecule has 0 rings (SSSR count). The summed E-state index contributed by atoms with van der Waals surface area (Å²) < 4.78 is 0. The standard InChI is InChI=1S/C12H24N6O4/c1-7(17-11(22)9(13)6-20)10(21)18-8(5-19)3-2-4-16-12(14)15/h5,7-9,20H,2-4,6,13H2,1H3,(H,17,22)(H,18,21)(H4,14,15,16)/t7?,8-,9?/m1/s1. The van der Waals surface area contributed by atoms with Crippen LogP contribution in [0.1, 0.15) is 19.8 Å². The predicted octanol–water partition coefficient (Wildman–Crippen LogP) is -3.24. The third-order valence-corrected chi connectivity index (χ3v) is 2.78. The summed E-state index contributed by atoms with van der Waals surface area (Å²) in [7, 11) is 0. The van der Waals surface area contributed by atoms with E-state index in [1.165, 1.54) is 6.92 Å². The number of rotatable bonds is 10. The van der Waals surface area contributed by atoms with E-state index in [4.69, 9.17) is 22.0 Å². The number of amides is 2. The first kappa shape index (κ1) is 19.8. The van der Waals surface area contributed by atoms with Crippen LogP contribution < -0.4 is 27.4 Å². The van der Waals surface area contributed by atoms with Crippen LogP contribution in [0.15, 0.2) is 0 Å². The fourth-order valence-electron chi connectivity index (χ4n) is 1.50. The third kappa shape index (κ3) is 8.17. The van der Waals surface area contributed by atoms with Crippen molar-refractivity contribution in [1.82, 2.24) is 16.0 Å². The van der Waals surface area contributed by atoms with Gasteiger partial charge in [-0.2, -0.15) is 0 Å². The van der Waals surface area contributed by atoms with Gasteiger partial charge in [0.15, 0.2) is 5.96 Å². The molecule has 126 valence electrons. The SMILES string of the molecule is CC(NC(=O)C(N)CO)C(=O)N[C@@H](C=O)CCCNC(=N)N. The molecule has 0 spiro atoms. The molecule has 22 heavy (non-hydrogen) atoms. The van der Waals surface area contributed by atoms with Crippen molar-refractivity contribution in [2.45, 2.75) is 37.9 Å². The number of nitrogens with two attached hydrogens (primary N) is 2. The number of aldehydes is 1. The summed E-state index contributed by atoms with van der Waals surface area (Å²) in [4.78, 5) is 34.2. The Morgan fingerprint density at radius 1 is 1.32 bits per heavy atom. The van der Waals surface area contributed by atoms with E-state index in [1.807, 2.05) is 0 Å². The van der Waals surface area contributed by atoms with Gasteiger partial charge in [-0.1, -0.05) is 0 Å². The molecule has 0 aliphatic heterocycles. The lowest BCUT2D eigenvalue weighted by Crippen LogP contribution is -2.53. The van der Waals surface area contributed by atoms with Crippen LogP contribution in [0, 0.1) is 5.41 Å². The van der Waals surface area contributed by atoms with Crippen LogP contribution in [0.5, 0.6) is 0 Å². The van der Waals surface area contributed by atoms with E-state index in [0.29, 0.717) is 25.7 Å². The van der Waals surface area contributed by atoms with Crippen molar-refractivity contribution in [3.63, 3.8) is 0 Å². The quantitative estimate of drug-likeness (QED) is 0.0955. The largest absolute Gasteiger partial charge is 0.394 e. The lowest BCUT2D eigenvalue weighted by molar-refractivity contribution is -0.130. The molecular formula is C12H24N6O4. The monoisotopic (exact) mass is 316 g/mol. The molecule has 9 N–H and O–H groups in total. The van der Waals surface area contributed by atoms with Gasteiger partial charge in [0.1, 0.15) is 18.4 Å². The summed E-state index contributed by atoms with van der Waals surface area (Å²) in [5.74, 6) is -1.35. The highest BCUT2D eigenvalue weighted by Gasteiger charge is 2.21. The lowest BCUT2D eigenvalue weighted by Gasteiger charge is -2.19. The second kappa shape index (κ2) is 10.5. The summed E-state index contributed by atoms with van der Waals surface area (Å²) in [5, 5.41) is 23.1. The van der Waals surface area contributed by atoms with E-state index in [0.717, 1.165) is 0 Å². The van der Waals surface area contributed by atoms with Crippen LogP contribution in [0.4, 0.5) is 0 Å². The van der Waals surface area contributed by atoms with Gasteiger partial charge in [0.2, 0.25) is 11.8 Å². The van der Waals surface area contributed by atoms with E-state index in [1.54, 1.807) is 0 Å². The molecule has 0 saturated carbocycles. The zero-order valence-electron chi connectivity index (χ0n) is 12.5. The van der Waals surface area contributed by atoms with Gasteiger partial charge in [0.25, 0.3) is 0 Å². The Hall–Kier alpha value is -2.20. The molecule has 0 bridgehead atoms. The highest BCUT2D eigenvalue weighted by atomic mass is 16.3. The zero-order valence-corrected chi connectivity index (χ0v) is 12.5. The van der Waals surface area contributed by atoms with Gasteiger partial charge in [0, 0.05) is 6.54 Å². The van der Waals surface area contributed by atoms with Crippen molar-refractivity contribution < 1.29 is 19.5 Å². The van der Waals surface area contributed by atoms with Crippen LogP contribution in [0.3, 0.4) is 0 Å². The first-order chi connectivity index (χ1) is 10.3. The molecule has 0 heterocycles. The molecule has 2 unspecified atom stereocenters. The maximum absolute atomic E-state index is 11.8. The van der Waals surface area contributed by atoms with Gasteiger partial charge >= 0.3 is 0 Å². The molecule has 3 atom stereocenters. The average molecular weight is 316 g/mol. The molecule has 0 radical (unpaired) electrons. The first-order valence-corrected chi connectivity index (χ1v) is 6.82. The summed E-state index contributed by atoms with van der Waals surface area (Å²) in [6.07, 6.45) is 1.49. The van der Waals surface area contributed by atoms with Gasteiger partial charge < -0.3 is 37.3 Å². The van der Waals surface area contributed by atoms with Crippen molar-refractivity contribution in [3.05, 3.63) is 0 Å². The number of hydrogen-bond acceptors (Lipinski definition) is 6. The topological polar surface area (TPSA) is 183 Å². The second-order valence-corrected chi connectivity index (χ2v) is 4.75. The Balaban J connectivity index is 4.20. The fraction of sp³-hybridized carbons (Fsp3) is 0.667. The Morgan fingerprint density at radius 3 is 2.45 bits per heavy atom. The van der Waals surface area contributed by atoms with Gasteiger partial charge in [-0.3, -0.25) is 15.0 Å². The Labute approximate surface area is 128 Å². The van der Waals surface area contributed by atoms with Crippen molar-refractivity contribution in [3.8, 4) is 0 Å². The summed E-state index contributed by atoms with van der Waals surface area (Å²) in [6, 6.07) is -2.69. The molecule has 0 fully saturated rings. The number of carbonyl (C=O) groups excluding carboxylic acids is 3. The third-order valence-electron chi connectivity index (χ3n) is 2.78. The minimum absolute atomic E-state index is 0.164. The van der Waals surface area contributed by atoms with Crippen LogP contribution in [0.2, 0.25) is 0 Å². The minimum atomic E-state index is -1.10. The van der Waals surface area contributed by atoms with Crippen LogP contribution >= 0.6 is 0 Å².